The fraction of sp³-hybridized carbons (Fsp3) is 0.480. The second kappa shape index (κ2) is 10.8. The van der Waals surface area contributed by atoms with E-state index in [4.69, 9.17) is 9.47 Å². The van der Waals surface area contributed by atoms with Crippen LogP contribution in [0.1, 0.15) is 29.5 Å². The summed E-state index contributed by atoms with van der Waals surface area (Å²) in [6, 6.07) is 18.7. The molecule has 31 heavy (non-hydrogen) atoms. The van der Waals surface area contributed by atoms with E-state index in [2.05, 4.69) is 58.0 Å². The average Bonchev–Trinajstić information content (AvgIpc) is 2.84. The number of amides is 2. The van der Waals surface area contributed by atoms with Gasteiger partial charge in [-0.05, 0) is 29.5 Å². The third-order valence-electron chi connectivity index (χ3n) is 6.48. The van der Waals surface area contributed by atoms with E-state index in [0.29, 0.717) is 13.1 Å². The molecule has 0 unspecified atom stereocenters. The SMILES string of the molecule is O=C(NCc1ccccc1CN1CCOCC1)NCC1(c2ccccc2)CCOCC1. The van der Waals surface area contributed by atoms with Crippen molar-refractivity contribution in [2.24, 2.45) is 0 Å². The number of benzene rings is 2. The van der Waals surface area contributed by atoms with Gasteiger partial charge in [0.25, 0.3) is 0 Å². The molecule has 0 saturated carbocycles. The van der Waals surface area contributed by atoms with Crippen LogP contribution < -0.4 is 10.6 Å². The maximum Gasteiger partial charge on any atom is 0.315 e. The molecular weight excluding hydrogens is 390 g/mol. The second-order valence-electron chi connectivity index (χ2n) is 8.45. The largest absolute Gasteiger partial charge is 0.381 e. The molecule has 2 fully saturated rings. The molecule has 6 heteroatoms. The lowest BCUT2D eigenvalue weighted by atomic mass is 9.74. The van der Waals surface area contributed by atoms with Gasteiger partial charge in [0, 0.05) is 51.4 Å². The highest BCUT2D eigenvalue weighted by Gasteiger charge is 2.34. The van der Waals surface area contributed by atoms with Gasteiger partial charge in [0.1, 0.15) is 0 Å². The number of ether oxygens (including phenoxy) is 2. The number of carbonyl (C=O) groups is 1. The Hall–Kier alpha value is -2.41. The first-order chi connectivity index (χ1) is 15.3. The highest BCUT2D eigenvalue weighted by atomic mass is 16.5. The summed E-state index contributed by atoms with van der Waals surface area (Å²) >= 11 is 0. The van der Waals surface area contributed by atoms with Crippen LogP contribution in [0.25, 0.3) is 0 Å². The number of hydrogen-bond donors (Lipinski definition) is 2. The van der Waals surface area contributed by atoms with Crippen molar-refractivity contribution in [1.82, 2.24) is 15.5 Å². The number of hydrogen-bond acceptors (Lipinski definition) is 4. The van der Waals surface area contributed by atoms with E-state index in [-0.39, 0.29) is 11.4 Å². The maximum atomic E-state index is 12.7. The molecule has 2 N–H and O–H groups in total. The Morgan fingerprint density at radius 1 is 0.839 bits per heavy atom. The minimum atomic E-state index is -0.122. The van der Waals surface area contributed by atoms with Crippen molar-refractivity contribution in [1.29, 1.82) is 0 Å². The monoisotopic (exact) mass is 423 g/mol. The number of nitrogens with zero attached hydrogens (tertiary/aromatic N) is 1. The molecule has 6 nitrogen and oxygen atoms in total. The van der Waals surface area contributed by atoms with Gasteiger partial charge < -0.3 is 20.1 Å². The molecule has 2 aromatic rings. The van der Waals surface area contributed by atoms with Crippen LogP contribution in [-0.2, 0) is 28.0 Å². The lowest BCUT2D eigenvalue weighted by Gasteiger charge is -2.38. The van der Waals surface area contributed by atoms with Crippen LogP contribution in [0, 0.1) is 0 Å². The van der Waals surface area contributed by atoms with Gasteiger partial charge in [0.05, 0.1) is 13.2 Å². The second-order valence-corrected chi connectivity index (χ2v) is 8.45. The van der Waals surface area contributed by atoms with Gasteiger partial charge in [-0.3, -0.25) is 4.90 Å². The normalized spacial score (nSPS) is 19.0. The molecule has 2 saturated heterocycles. The van der Waals surface area contributed by atoms with Crippen LogP contribution in [-0.4, -0.2) is 57.0 Å². The van der Waals surface area contributed by atoms with E-state index in [1.165, 1.54) is 11.1 Å². The van der Waals surface area contributed by atoms with Crippen molar-refractivity contribution in [3.63, 3.8) is 0 Å². The Morgan fingerprint density at radius 2 is 1.48 bits per heavy atom. The fourth-order valence-corrected chi connectivity index (χ4v) is 4.49. The smallest absolute Gasteiger partial charge is 0.315 e. The molecule has 2 aliphatic rings. The molecule has 166 valence electrons. The Labute approximate surface area is 184 Å². The zero-order valence-corrected chi connectivity index (χ0v) is 18.1. The molecule has 0 bridgehead atoms. The standard InChI is InChI=1S/C25H33N3O3/c29-24(27-20-25(10-14-30-15-11-25)23-8-2-1-3-9-23)26-18-21-6-4-5-7-22(21)19-28-12-16-31-17-13-28/h1-9H,10-20H2,(H2,26,27,29). The average molecular weight is 424 g/mol. The van der Waals surface area contributed by atoms with E-state index < -0.39 is 0 Å². The fourth-order valence-electron chi connectivity index (χ4n) is 4.49. The van der Waals surface area contributed by atoms with Crippen LogP contribution in [0.2, 0.25) is 0 Å². The molecule has 2 amide bonds. The molecule has 0 radical (unpaired) electrons. The van der Waals surface area contributed by atoms with Gasteiger partial charge in [-0.25, -0.2) is 4.79 Å². The number of nitrogens with one attached hydrogen (secondary N) is 2. The van der Waals surface area contributed by atoms with Crippen LogP contribution in [0.3, 0.4) is 0 Å². The molecule has 2 aliphatic heterocycles. The molecule has 0 atom stereocenters. The number of carbonyl (C=O) groups excluding carboxylic acids is 1. The van der Waals surface area contributed by atoms with Crippen LogP contribution in [0.4, 0.5) is 4.79 Å². The molecular formula is C25H33N3O3. The van der Waals surface area contributed by atoms with Gasteiger partial charge in [0.2, 0.25) is 0 Å². The highest BCUT2D eigenvalue weighted by Crippen LogP contribution is 2.34. The minimum Gasteiger partial charge on any atom is -0.381 e. The summed E-state index contributed by atoms with van der Waals surface area (Å²) in [7, 11) is 0. The molecule has 4 rings (SSSR count). The van der Waals surface area contributed by atoms with Gasteiger partial charge in [-0.15, -0.1) is 0 Å². The summed E-state index contributed by atoms with van der Waals surface area (Å²) in [6.45, 7) is 6.96. The summed E-state index contributed by atoms with van der Waals surface area (Å²) in [4.78, 5) is 15.1. The lowest BCUT2D eigenvalue weighted by molar-refractivity contribution is 0.0340. The predicted octanol–water partition coefficient (Wildman–Crippen LogP) is 3.07. The Balaban J connectivity index is 1.33. The first kappa shape index (κ1) is 21.8. The number of urea groups is 1. The van der Waals surface area contributed by atoms with Gasteiger partial charge in [0.15, 0.2) is 0 Å². The quantitative estimate of drug-likeness (QED) is 0.719. The molecule has 0 aromatic heterocycles. The number of morpholine rings is 1. The number of rotatable bonds is 7. The van der Waals surface area contributed by atoms with Crippen LogP contribution >= 0.6 is 0 Å². The van der Waals surface area contributed by atoms with E-state index in [1.807, 2.05) is 12.1 Å². The van der Waals surface area contributed by atoms with Crippen molar-refractivity contribution >= 4 is 6.03 Å². The third-order valence-corrected chi connectivity index (χ3v) is 6.48. The summed E-state index contributed by atoms with van der Waals surface area (Å²) in [5.41, 5.74) is 3.63. The van der Waals surface area contributed by atoms with Crippen molar-refractivity contribution in [2.75, 3.05) is 46.1 Å². The van der Waals surface area contributed by atoms with Gasteiger partial charge in [-0.1, -0.05) is 54.6 Å². The first-order valence-corrected chi connectivity index (χ1v) is 11.3. The molecule has 0 aliphatic carbocycles. The van der Waals surface area contributed by atoms with Crippen molar-refractivity contribution in [2.45, 2.75) is 31.3 Å². The Kier molecular flexibility index (Phi) is 7.57. The van der Waals surface area contributed by atoms with Crippen LogP contribution in [0.5, 0.6) is 0 Å². The molecule has 2 aromatic carbocycles. The van der Waals surface area contributed by atoms with E-state index in [1.54, 1.807) is 0 Å². The van der Waals surface area contributed by atoms with E-state index >= 15 is 0 Å². The van der Waals surface area contributed by atoms with Gasteiger partial charge >= 0.3 is 6.03 Å². The summed E-state index contributed by atoms with van der Waals surface area (Å²) in [6.07, 6.45) is 1.83. The summed E-state index contributed by atoms with van der Waals surface area (Å²) in [5, 5.41) is 6.19. The Morgan fingerprint density at radius 3 is 2.23 bits per heavy atom. The third kappa shape index (κ3) is 5.85. The Bertz CT molecular complexity index is 831. The summed E-state index contributed by atoms with van der Waals surface area (Å²) < 4.78 is 11.0. The van der Waals surface area contributed by atoms with Crippen molar-refractivity contribution in [3.8, 4) is 0 Å². The van der Waals surface area contributed by atoms with E-state index in [9.17, 15) is 4.79 Å². The lowest BCUT2D eigenvalue weighted by Crippen LogP contribution is -2.47. The maximum absolute atomic E-state index is 12.7. The molecule has 2 heterocycles. The van der Waals surface area contributed by atoms with Crippen LogP contribution in [0.15, 0.2) is 54.6 Å². The van der Waals surface area contributed by atoms with Crippen molar-refractivity contribution < 1.29 is 14.3 Å². The predicted molar refractivity (Wildman–Crippen MR) is 121 cm³/mol. The van der Waals surface area contributed by atoms with Gasteiger partial charge in [-0.2, -0.15) is 0 Å². The summed E-state index contributed by atoms with van der Waals surface area (Å²) in [5.74, 6) is 0. The topological polar surface area (TPSA) is 62.8 Å². The zero-order valence-electron chi connectivity index (χ0n) is 18.1. The highest BCUT2D eigenvalue weighted by molar-refractivity contribution is 5.74. The first-order valence-electron chi connectivity index (χ1n) is 11.3. The minimum absolute atomic E-state index is 0.0644. The van der Waals surface area contributed by atoms with Crippen molar-refractivity contribution in [3.05, 3.63) is 71.3 Å². The zero-order chi connectivity index (χ0) is 21.4. The van der Waals surface area contributed by atoms with E-state index in [0.717, 1.165) is 64.5 Å². The molecule has 0 spiro atoms.